The van der Waals surface area contributed by atoms with E-state index < -0.39 is 24.3 Å². The lowest BCUT2D eigenvalue weighted by molar-refractivity contribution is -0.193. The number of rotatable bonds is 6. The van der Waals surface area contributed by atoms with E-state index in [2.05, 4.69) is 47.3 Å². The molecule has 0 aliphatic carbocycles. The topological polar surface area (TPSA) is 179 Å². The maximum Gasteiger partial charge on any atom is 0.490 e. The van der Waals surface area contributed by atoms with Crippen molar-refractivity contribution in [1.82, 2.24) is 39.8 Å². The molecule has 4 aromatic rings. The van der Waals surface area contributed by atoms with E-state index in [4.69, 9.17) is 19.8 Å². The zero-order valence-electron chi connectivity index (χ0n) is 24.4. The van der Waals surface area contributed by atoms with Gasteiger partial charge < -0.3 is 20.4 Å². The Morgan fingerprint density at radius 2 is 1.49 bits per heavy atom. The number of carbonyl (C=O) groups excluding carboxylic acids is 1. The molecule has 0 radical (unpaired) electrons. The first kappa shape index (κ1) is 36.1. The fourth-order valence-corrected chi connectivity index (χ4v) is 4.01. The van der Waals surface area contributed by atoms with Gasteiger partial charge in [-0.25, -0.2) is 19.6 Å². The van der Waals surface area contributed by atoms with Crippen molar-refractivity contribution in [3.05, 3.63) is 78.3 Å². The smallest absolute Gasteiger partial charge is 0.475 e. The van der Waals surface area contributed by atoms with E-state index in [-0.39, 0.29) is 11.9 Å². The highest BCUT2D eigenvalue weighted by Gasteiger charge is 2.39. The highest BCUT2D eigenvalue weighted by molar-refractivity contribution is 5.94. The molecule has 252 valence electrons. The molecule has 5 heterocycles. The van der Waals surface area contributed by atoms with Crippen molar-refractivity contribution in [2.75, 3.05) is 38.1 Å². The third-order valence-electron chi connectivity index (χ3n) is 6.35. The molecule has 0 saturated carbocycles. The fourth-order valence-electron chi connectivity index (χ4n) is 4.01. The lowest BCUT2D eigenvalue weighted by Gasteiger charge is -2.38. The molecule has 1 amide bonds. The van der Waals surface area contributed by atoms with E-state index in [0.29, 0.717) is 36.7 Å². The first-order valence-corrected chi connectivity index (χ1v) is 13.4. The number of nitrogens with one attached hydrogen (secondary N) is 1. The lowest BCUT2D eigenvalue weighted by atomic mass is 10.1. The van der Waals surface area contributed by atoms with Crippen molar-refractivity contribution < 1.29 is 50.9 Å². The van der Waals surface area contributed by atoms with Gasteiger partial charge in [0.25, 0.3) is 5.91 Å². The number of piperazine rings is 1. The maximum atomic E-state index is 12.8. The Balaban J connectivity index is 0.000000360. The minimum Gasteiger partial charge on any atom is -0.475 e. The van der Waals surface area contributed by atoms with Crippen molar-refractivity contribution in [2.45, 2.75) is 24.8 Å². The summed E-state index contributed by atoms with van der Waals surface area (Å²) in [6, 6.07) is 11.2. The summed E-state index contributed by atoms with van der Waals surface area (Å²) in [5.41, 5.74) is 2.21. The van der Waals surface area contributed by atoms with E-state index in [1.54, 1.807) is 24.7 Å². The number of aliphatic carboxylic acids is 2. The summed E-state index contributed by atoms with van der Waals surface area (Å²) in [5, 5.41) is 26.0. The van der Waals surface area contributed by atoms with E-state index in [1.807, 2.05) is 40.9 Å². The monoisotopic (exact) mass is 671 g/mol. The summed E-state index contributed by atoms with van der Waals surface area (Å²) in [6.45, 7) is 2.87. The van der Waals surface area contributed by atoms with Crippen LogP contribution in [0.25, 0.3) is 5.65 Å². The normalized spacial score (nSPS) is 15.1. The van der Waals surface area contributed by atoms with Crippen LogP contribution in [-0.4, -0.2) is 108 Å². The molecule has 3 N–H and O–H groups in total. The van der Waals surface area contributed by atoms with Crippen LogP contribution < -0.4 is 10.2 Å². The Morgan fingerprint density at radius 1 is 0.872 bits per heavy atom. The van der Waals surface area contributed by atoms with Gasteiger partial charge in [-0.3, -0.25) is 19.1 Å². The molecule has 1 saturated heterocycles. The molecular weight excluding hydrogens is 644 g/mol. The molecule has 0 spiro atoms. The van der Waals surface area contributed by atoms with Crippen LogP contribution in [-0.2, 0) is 16.0 Å². The number of carbonyl (C=O) groups is 3. The van der Waals surface area contributed by atoms with Gasteiger partial charge in [0.1, 0.15) is 0 Å². The van der Waals surface area contributed by atoms with E-state index in [9.17, 15) is 31.1 Å². The average Bonchev–Trinajstić information content (AvgIpc) is 3.45. The number of carboxylic acid groups (broad SMARTS) is 2. The van der Waals surface area contributed by atoms with Crippen LogP contribution in [0.3, 0.4) is 0 Å². The summed E-state index contributed by atoms with van der Waals surface area (Å²) >= 11 is 0. The van der Waals surface area contributed by atoms with Gasteiger partial charge in [-0.2, -0.15) is 26.3 Å². The predicted octanol–water partition coefficient (Wildman–Crippen LogP) is 2.65. The number of carboxylic acids is 2. The number of halogens is 6. The van der Waals surface area contributed by atoms with Crippen LogP contribution in [0.1, 0.15) is 27.9 Å². The fraction of sp³-hybridized carbons (Fsp3) is 0.333. The molecule has 0 bridgehead atoms. The number of alkyl halides is 6. The number of fused-ring (bicyclic) bond motifs is 1. The minimum atomic E-state index is -5.08. The van der Waals surface area contributed by atoms with Gasteiger partial charge in [-0.05, 0) is 37.4 Å². The Hall–Kier alpha value is -5.40. The standard InChI is InChI=1S/C23H25N9O.2C2HF3O2/c1-30-13-14-31(23-26-10-4-11-27-23)16-19(30)21-29-28-20-7-6-17(15-32(20)21)22(33)25-12-8-18-5-2-3-9-24-18;2*3-2(4,5)1(6)7/h2-7,9-11,15,19H,8,12-14,16H2,1H3,(H,25,33);2*(H,6,7). The number of hydrogen-bond donors (Lipinski definition) is 3. The summed E-state index contributed by atoms with van der Waals surface area (Å²) in [7, 11) is 2.07. The lowest BCUT2D eigenvalue weighted by Crippen LogP contribution is -2.47. The van der Waals surface area contributed by atoms with Gasteiger partial charge in [-0.15, -0.1) is 10.2 Å². The molecule has 1 fully saturated rings. The number of amides is 1. The van der Waals surface area contributed by atoms with Gasteiger partial charge >= 0.3 is 24.3 Å². The summed E-state index contributed by atoms with van der Waals surface area (Å²) in [5.74, 6) is -4.16. The van der Waals surface area contributed by atoms with Crippen LogP contribution in [0, 0.1) is 0 Å². The molecule has 47 heavy (non-hydrogen) atoms. The molecule has 5 rings (SSSR count). The van der Waals surface area contributed by atoms with Crippen molar-refractivity contribution in [2.24, 2.45) is 0 Å². The van der Waals surface area contributed by atoms with Crippen LogP contribution >= 0.6 is 0 Å². The van der Waals surface area contributed by atoms with Gasteiger partial charge in [0.15, 0.2) is 11.5 Å². The first-order valence-electron chi connectivity index (χ1n) is 13.4. The number of nitrogens with zero attached hydrogens (tertiary/aromatic N) is 8. The van der Waals surface area contributed by atoms with Crippen LogP contribution in [0.4, 0.5) is 32.3 Å². The van der Waals surface area contributed by atoms with E-state index in [0.717, 1.165) is 24.6 Å². The third kappa shape index (κ3) is 10.6. The highest BCUT2D eigenvalue weighted by Crippen LogP contribution is 2.25. The maximum absolute atomic E-state index is 12.8. The number of aromatic nitrogens is 6. The molecule has 1 unspecified atom stereocenters. The SMILES string of the molecule is CN1CCN(c2ncccn2)CC1c1nnc2ccc(C(=O)NCCc3ccccn3)cn12.O=C(O)C(F)(F)F.O=C(O)C(F)(F)F. The Morgan fingerprint density at radius 3 is 2.06 bits per heavy atom. The molecular formula is C27H27F6N9O5. The van der Waals surface area contributed by atoms with Gasteiger partial charge in [-0.1, -0.05) is 6.07 Å². The zero-order valence-corrected chi connectivity index (χ0v) is 24.4. The van der Waals surface area contributed by atoms with Crippen molar-refractivity contribution >= 4 is 29.4 Å². The highest BCUT2D eigenvalue weighted by atomic mass is 19.4. The van der Waals surface area contributed by atoms with Crippen LogP contribution in [0.2, 0.25) is 0 Å². The van der Waals surface area contributed by atoms with Gasteiger partial charge in [0.2, 0.25) is 5.95 Å². The van der Waals surface area contributed by atoms with Gasteiger partial charge in [0, 0.05) is 63.1 Å². The quantitative estimate of drug-likeness (QED) is 0.256. The molecule has 14 nitrogen and oxygen atoms in total. The summed E-state index contributed by atoms with van der Waals surface area (Å²) in [4.78, 5) is 48.0. The zero-order chi connectivity index (χ0) is 34.8. The second-order valence-electron chi connectivity index (χ2n) is 9.63. The second kappa shape index (κ2) is 15.7. The largest absolute Gasteiger partial charge is 0.490 e. The Labute approximate surface area is 261 Å². The van der Waals surface area contributed by atoms with Crippen molar-refractivity contribution in [3.63, 3.8) is 0 Å². The Kier molecular flexibility index (Phi) is 12.1. The third-order valence-corrected chi connectivity index (χ3v) is 6.35. The van der Waals surface area contributed by atoms with E-state index >= 15 is 0 Å². The number of pyridine rings is 2. The summed E-state index contributed by atoms with van der Waals surface area (Å²) in [6.07, 6.45) is -2.42. The van der Waals surface area contributed by atoms with Crippen LogP contribution in [0.5, 0.6) is 0 Å². The number of likely N-dealkylation sites (N-methyl/N-ethyl adjacent to an activating group) is 1. The second-order valence-corrected chi connectivity index (χ2v) is 9.63. The van der Waals surface area contributed by atoms with Gasteiger partial charge in [0.05, 0.1) is 11.6 Å². The van der Waals surface area contributed by atoms with Crippen molar-refractivity contribution in [1.29, 1.82) is 0 Å². The predicted molar refractivity (Wildman–Crippen MR) is 150 cm³/mol. The molecule has 4 aromatic heterocycles. The molecule has 0 aromatic carbocycles. The molecule has 20 heteroatoms. The average molecular weight is 672 g/mol. The van der Waals surface area contributed by atoms with Crippen LogP contribution in [0.15, 0.2) is 61.2 Å². The molecule has 1 aliphatic rings. The molecule has 1 atom stereocenters. The summed E-state index contributed by atoms with van der Waals surface area (Å²) < 4.78 is 65.4. The molecule has 1 aliphatic heterocycles. The first-order chi connectivity index (χ1) is 22.1. The Bertz CT molecular complexity index is 1620. The number of hydrogen-bond acceptors (Lipinski definition) is 10. The minimum absolute atomic E-state index is 0.0139. The van der Waals surface area contributed by atoms with Crippen molar-refractivity contribution in [3.8, 4) is 0 Å². The van der Waals surface area contributed by atoms with E-state index in [1.165, 1.54) is 0 Å². The number of anilines is 1.